The molecule has 0 amide bonds. The van der Waals surface area contributed by atoms with Gasteiger partial charge in [0.1, 0.15) is 0 Å². The van der Waals surface area contributed by atoms with Crippen molar-refractivity contribution >= 4 is 0 Å². The van der Waals surface area contributed by atoms with Crippen LogP contribution in [0.3, 0.4) is 0 Å². The third-order valence-corrected chi connectivity index (χ3v) is 3.01. The maximum absolute atomic E-state index is 5.33. The van der Waals surface area contributed by atoms with E-state index < -0.39 is 0 Å². The molecular weight excluding hydrogens is 176 g/mol. The Labute approximate surface area is 86.1 Å². The molecule has 14 heavy (non-hydrogen) atoms. The lowest BCUT2D eigenvalue weighted by Gasteiger charge is -2.27. The molecule has 2 aliphatic rings. The van der Waals surface area contributed by atoms with Crippen LogP contribution in [0.4, 0.5) is 0 Å². The van der Waals surface area contributed by atoms with E-state index in [4.69, 9.17) is 4.74 Å². The second kappa shape index (κ2) is 5.49. The summed E-state index contributed by atoms with van der Waals surface area (Å²) in [7, 11) is 0. The van der Waals surface area contributed by atoms with Crippen molar-refractivity contribution < 1.29 is 4.74 Å². The van der Waals surface area contributed by atoms with Crippen LogP contribution in [0.1, 0.15) is 12.8 Å². The van der Waals surface area contributed by atoms with E-state index in [-0.39, 0.29) is 0 Å². The number of nitrogens with zero attached hydrogens (tertiary/aromatic N) is 1. The molecule has 3 nitrogen and oxygen atoms in total. The Morgan fingerprint density at radius 3 is 2.93 bits per heavy atom. The third kappa shape index (κ3) is 3.08. The van der Waals surface area contributed by atoms with Gasteiger partial charge in [0.05, 0.1) is 13.2 Å². The van der Waals surface area contributed by atoms with Crippen LogP contribution in [0.5, 0.6) is 0 Å². The van der Waals surface area contributed by atoms with Crippen LogP contribution in [0, 0.1) is 0 Å². The summed E-state index contributed by atoms with van der Waals surface area (Å²) in [4.78, 5) is 2.51. The van der Waals surface area contributed by atoms with Gasteiger partial charge in [0.2, 0.25) is 0 Å². The number of rotatable bonds is 3. The zero-order valence-corrected chi connectivity index (χ0v) is 8.80. The molecule has 2 rings (SSSR count). The molecule has 0 unspecified atom stereocenters. The molecule has 0 aromatic heterocycles. The van der Waals surface area contributed by atoms with E-state index in [1.807, 2.05) is 0 Å². The first-order valence-electron chi connectivity index (χ1n) is 5.64. The predicted molar refractivity (Wildman–Crippen MR) is 57.4 cm³/mol. The van der Waals surface area contributed by atoms with Gasteiger partial charge in [-0.05, 0) is 19.4 Å². The third-order valence-electron chi connectivity index (χ3n) is 3.01. The van der Waals surface area contributed by atoms with E-state index >= 15 is 0 Å². The molecule has 2 heterocycles. The second-order valence-corrected chi connectivity index (χ2v) is 4.02. The number of hydrogen-bond donors (Lipinski definition) is 1. The van der Waals surface area contributed by atoms with Crippen molar-refractivity contribution in [1.82, 2.24) is 10.2 Å². The minimum atomic E-state index is 0.917. The van der Waals surface area contributed by atoms with Crippen LogP contribution in [0.2, 0.25) is 0 Å². The van der Waals surface area contributed by atoms with E-state index in [0.717, 1.165) is 39.4 Å². The van der Waals surface area contributed by atoms with E-state index in [1.165, 1.54) is 19.4 Å². The largest absolute Gasteiger partial charge is 0.379 e. The second-order valence-electron chi connectivity index (χ2n) is 4.02. The van der Waals surface area contributed by atoms with Crippen molar-refractivity contribution in [2.45, 2.75) is 12.8 Å². The van der Waals surface area contributed by atoms with Gasteiger partial charge >= 0.3 is 0 Å². The fourth-order valence-corrected chi connectivity index (χ4v) is 2.02. The molecule has 0 aromatic carbocycles. The average molecular weight is 196 g/mol. The van der Waals surface area contributed by atoms with Crippen molar-refractivity contribution in [2.24, 2.45) is 0 Å². The van der Waals surface area contributed by atoms with Crippen molar-refractivity contribution in [3.8, 4) is 0 Å². The minimum absolute atomic E-state index is 0.917. The van der Waals surface area contributed by atoms with Crippen molar-refractivity contribution in [3.63, 3.8) is 0 Å². The smallest absolute Gasteiger partial charge is 0.0594 e. The van der Waals surface area contributed by atoms with Gasteiger partial charge in [-0.25, -0.2) is 0 Å². The average Bonchev–Trinajstić information content (AvgIpc) is 2.29. The Kier molecular flexibility index (Phi) is 3.98. The fourth-order valence-electron chi connectivity index (χ4n) is 2.02. The van der Waals surface area contributed by atoms with E-state index in [9.17, 15) is 0 Å². The Hall–Kier alpha value is -0.380. The number of ether oxygens (including phenoxy) is 1. The van der Waals surface area contributed by atoms with Crippen molar-refractivity contribution in [2.75, 3.05) is 45.9 Å². The molecule has 1 saturated heterocycles. The van der Waals surface area contributed by atoms with Gasteiger partial charge in [0.15, 0.2) is 0 Å². The monoisotopic (exact) mass is 196 g/mol. The minimum Gasteiger partial charge on any atom is -0.379 e. The van der Waals surface area contributed by atoms with Gasteiger partial charge in [0, 0.05) is 26.2 Å². The Morgan fingerprint density at radius 1 is 1.36 bits per heavy atom. The number of hydrogen-bond acceptors (Lipinski definition) is 3. The normalized spacial score (nSPS) is 24.7. The Bertz CT molecular complexity index is 197. The summed E-state index contributed by atoms with van der Waals surface area (Å²) < 4.78 is 5.33. The molecule has 0 aliphatic carbocycles. The molecule has 2 aliphatic heterocycles. The van der Waals surface area contributed by atoms with Gasteiger partial charge < -0.3 is 10.1 Å². The van der Waals surface area contributed by atoms with Crippen LogP contribution in [-0.2, 0) is 4.74 Å². The molecule has 1 N–H and O–H groups in total. The van der Waals surface area contributed by atoms with Crippen LogP contribution in [-0.4, -0.2) is 50.8 Å². The lowest BCUT2D eigenvalue weighted by molar-refractivity contribution is 0.0383. The van der Waals surface area contributed by atoms with Gasteiger partial charge in [0.25, 0.3) is 0 Å². The summed E-state index contributed by atoms with van der Waals surface area (Å²) >= 11 is 0. The van der Waals surface area contributed by atoms with Crippen molar-refractivity contribution in [1.29, 1.82) is 0 Å². The highest BCUT2D eigenvalue weighted by molar-refractivity contribution is 5.07. The molecule has 0 radical (unpaired) electrons. The lowest BCUT2D eigenvalue weighted by atomic mass is 10.1. The van der Waals surface area contributed by atoms with Crippen LogP contribution in [0.15, 0.2) is 11.6 Å². The Balaban J connectivity index is 1.67. The maximum Gasteiger partial charge on any atom is 0.0594 e. The Morgan fingerprint density at radius 2 is 2.21 bits per heavy atom. The van der Waals surface area contributed by atoms with E-state index in [2.05, 4.69) is 16.3 Å². The zero-order chi connectivity index (χ0) is 9.64. The SMILES string of the molecule is C1=C(CCN2CCOCC2)CCNC1. The molecule has 0 bridgehead atoms. The quantitative estimate of drug-likeness (QED) is 0.670. The van der Waals surface area contributed by atoms with Gasteiger partial charge in [-0.2, -0.15) is 0 Å². The highest BCUT2D eigenvalue weighted by atomic mass is 16.5. The summed E-state index contributed by atoms with van der Waals surface area (Å²) in [6.45, 7) is 7.51. The van der Waals surface area contributed by atoms with Gasteiger partial charge in [-0.3, -0.25) is 4.90 Å². The fraction of sp³-hybridized carbons (Fsp3) is 0.818. The van der Waals surface area contributed by atoms with Crippen LogP contribution >= 0.6 is 0 Å². The van der Waals surface area contributed by atoms with Crippen LogP contribution < -0.4 is 5.32 Å². The standard InChI is InChI=1S/C11H20N2O/c1-4-12-5-2-11(1)3-6-13-7-9-14-10-8-13/h1,12H,2-10H2. The summed E-state index contributed by atoms with van der Waals surface area (Å²) in [5, 5.41) is 3.34. The predicted octanol–water partition coefficient (Wildman–Crippen LogP) is 0.628. The molecular formula is C11H20N2O. The molecule has 0 saturated carbocycles. The molecule has 0 atom stereocenters. The van der Waals surface area contributed by atoms with Gasteiger partial charge in [-0.15, -0.1) is 0 Å². The topological polar surface area (TPSA) is 24.5 Å². The summed E-state index contributed by atoms with van der Waals surface area (Å²) in [6, 6.07) is 0. The first-order valence-corrected chi connectivity index (χ1v) is 5.64. The summed E-state index contributed by atoms with van der Waals surface area (Å²) in [6.07, 6.45) is 4.84. The molecule has 1 fully saturated rings. The lowest BCUT2D eigenvalue weighted by Crippen LogP contribution is -2.37. The van der Waals surface area contributed by atoms with Gasteiger partial charge in [-0.1, -0.05) is 11.6 Å². The molecule has 80 valence electrons. The summed E-state index contributed by atoms with van der Waals surface area (Å²) in [5.41, 5.74) is 1.63. The summed E-state index contributed by atoms with van der Waals surface area (Å²) in [5.74, 6) is 0. The number of morpholine rings is 1. The highest BCUT2D eigenvalue weighted by Crippen LogP contribution is 2.10. The van der Waals surface area contributed by atoms with E-state index in [1.54, 1.807) is 5.57 Å². The van der Waals surface area contributed by atoms with Crippen LogP contribution in [0.25, 0.3) is 0 Å². The highest BCUT2D eigenvalue weighted by Gasteiger charge is 2.11. The zero-order valence-electron chi connectivity index (χ0n) is 8.80. The maximum atomic E-state index is 5.33. The molecule has 0 aromatic rings. The van der Waals surface area contributed by atoms with Crippen molar-refractivity contribution in [3.05, 3.63) is 11.6 Å². The molecule has 0 spiro atoms. The van der Waals surface area contributed by atoms with E-state index in [0.29, 0.717) is 0 Å². The first kappa shape index (κ1) is 10.1. The first-order chi connectivity index (χ1) is 6.95. The molecule has 3 heteroatoms. The number of nitrogens with one attached hydrogen (secondary N) is 1.